The van der Waals surface area contributed by atoms with Gasteiger partial charge < -0.3 is 25.2 Å². The van der Waals surface area contributed by atoms with Gasteiger partial charge in [-0.1, -0.05) is 6.07 Å². The zero-order valence-corrected chi connectivity index (χ0v) is 18.1. The molecule has 2 aliphatic heterocycles. The highest BCUT2D eigenvalue weighted by molar-refractivity contribution is 14.0. The van der Waals surface area contributed by atoms with E-state index >= 15 is 0 Å². The molecule has 0 aliphatic carbocycles. The third-order valence-corrected chi connectivity index (χ3v) is 4.69. The highest BCUT2D eigenvalue weighted by Gasteiger charge is 2.30. The Labute approximate surface area is 177 Å². The van der Waals surface area contributed by atoms with Gasteiger partial charge in [-0.05, 0) is 25.0 Å². The van der Waals surface area contributed by atoms with Crippen LogP contribution in [0, 0.1) is 0 Å². The molecular formula is C18H29IN6O2. The quantitative estimate of drug-likeness (QED) is 0.279. The van der Waals surface area contributed by atoms with Crippen LogP contribution >= 0.6 is 24.0 Å². The number of hydrogen-bond acceptors (Lipinski definition) is 5. The lowest BCUT2D eigenvalue weighted by atomic mass is 10.2. The molecular weight excluding hydrogens is 459 g/mol. The molecule has 1 aromatic heterocycles. The van der Waals surface area contributed by atoms with Gasteiger partial charge in [-0.15, -0.1) is 24.0 Å². The van der Waals surface area contributed by atoms with Gasteiger partial charge >= 0.3 is 0 Å². The van der Waals surface area contributed by atoms with Crippen LogP contribution in [0.5, 0.6) is 0 Å². The molecule has 8 nitrogen and oxygen atoms in total. The highest BCUT2D eigenvalue weighted by atomic mass is 127. The van der Waals surface area contributed by atoms with Crippen LogP contribution < -0.4 is 10.6 Å². The van der Waals surface area contributed by atoms with Gasteiger partial charge in [-0.2, -0.15) is 0 Å². The molecule has 150 valence electrons. The lowest BCUT2D eigenvalue weighted by molar-refractivity contribution is -0.142. The fourth-order valence-corrected chi connectivity index (χ4v) is 3.28. The Bertz CT molecular complexity index is 601. The highest BCUT2D eigenvalue weighted by Crippen LogP contribution is 2.16. The summed E-state index contributed by atoms with van der Waals surface area (Å²) < 4.78 is 5.51. The standard InChI is InChI=1S/C18H28N6O2.HI/c1-19-18(22-9-8-21-16-6-2-3-7-20-16)24-12-10-23(11-13-24)17(25)15-5-4-14-26-15;/h2-3,6-7,15H,4-5,8-14H2,1H3,(H,19,22)(H,20,21);1H. The SMILES string of the molecule is CN=C(NCCNc1ccccn1)N1CCN(C(=O)C2CCCO2)CC1.I. The molecule has 0 radical (unpaired) electrons. The van der Waals surface area contributed by atoms with Gasteiger partial charge in [0.25, 0.3) is 5.91 Å². The van der Waals surface area contributed by atoms with E-state index in [9.17, 15) is 4.79 Å². The second kappa shape index (κ2) is 11.3. The third kappa shape index (κ3) is 6.20. The van der Waals surface area contributed by atoms with Crippen molar-refractivity contribution < 1.29 is 9.53 Å². The Morgan fingerprint density at radius 3 is 2.67 bits per heavy atom. The molecule has 0 saturated carbocycles. The summed E-state index contributed by atoms with van der Waals surface area (Å²) in [6, 6.07) is 5.80. The normalized spacial score (nSPS) is 20.2. The van der Waals surface area contributed by atoms with Gasteiger partial charge in [0.1, 0.15) is 11.9 Å². The number of nitrogens with one attached hydrogen (secondary N) is 2. The largest absolute Gasteiger partial charge is 0.368 e. The number of ether oxygens (including phenoxy) is 1. The minimum atomic E-state index is -0.225. The third-order valence-electron chi connectivity index (χ3n) is 4.69. The van der Waals surface area contributed by atoms with Gasteiger partial charge in [-0.25, -0.2) is 4.98 Å². The summed E-state index contributed by atoms with van der Waals surface area (Å²) in [6.45, 7) is 5.21. The van der Waals surface area contributed by atoms with Crippen molar-refractivity contribution in [1.82, 2.24) is 20.1 Å². The smallest absolute Gasteiger partial charge is 0.251 e. The van der Waals surface area contributed by atoms with Crippen LogP contribution in [0.2, 0.25) is 0 Å². The number of piperazine rings is 1. The zero-order valence-electron chi connectivity index (χ0n) is 15.8. The molecule has 0 aromatic carbocycles. The number of rotatable bonds is 5. The fourth-order valence-electron chi connectivity index (χ4n) is 3.28. The molecule has 2 N–H and O–H groups in total. The number of anilines is 1. The van der Waals surface area contributed by atoms with E-state index in [-0.39, 0.29) is 36.0 Å². The number of amides is 1. The second-order valence-corrected chi connectivity index (χ2v) is 6.43. The van der Waals surface area contributed by atoms with E-state index in [2.05, 4.69) is 25.5 Å². The van der Waals surface area contributed by atoms with E-state index in [1.807, 2.05) is 23.1 Å². The Balaban J connectivity index is 0.00000261. The first-order valence-corrected chi connectivity index (χ1v) is 9.29. The number of halogens is 1. The predicted molar refractivity (Wildman–Crippen MR) is 117 cm³/mol. The Kier molecular flexibility index (Phi) is 9.05. The molecule has 27 heavy (non-hydrogen) atoms. The van der Waals surface area contributed by atoms with Gasteiger partial charge in [0.05, 0.1) is 0 Å². The molecule has 1 atom stereocenters. The first-order valence-electron chi connectivity index (χ1n) is 9.29. The van der Waals surface area contributed by atoms with Gasteiger partial charge in [0.15, 0.2) is 5.96 Å². The van der Waals surface area contributed by atoms with Crippen LogP contribution in [0.4, 0.5) is 5.82 Å². The van der Waals surface area contributed by atoms with Crippen molar-refractivity contribution in [2.45, 2.75) is 18.9 Å². The summed E-state index contributed by atoms with van der Waals surface area (Å²) in [5, 5.41) is 6.63. The number of guanidine groups is 1. The van der Waals surface area contributed by atoms with Crippen molar-refractivity contribution in [2.24, 2.45) is 4.99 Å². The number of carbonyl (C=O) groups is 1. The topological polar surface area (TPSA) is 82.1 Å². The maximum Gasteiger partial charge on any atom is 0.251 e. The van der Waals surface area contributed by atoms with E-state index in [1.54, 1.807) is 13.2 Å². The minimum absolute atomic E-state index is 0. The monoisotopic (exact) mass is 488 g/mol. The number of pyridine rings is 1. The van der Waals surface area contributed by atoms with Crippen molar-refractivity contribution in [3.8, 4) is 0 Å². The second-order valence-electron chi connectivity index (χ2n) is 6.43. The number of aromatic nitrogens is 1. The van der Waals surface area contributed by atoms with Crippen molar-refractivity contribution in [3.63, 3.8) is 0 Å². The minimum Gasteiger partial charge on any atom is -0.368 e. The molecule has 2 aliphatic rings. The van der Waals surface area contributed by atoms with Crippen LogP contribution in [0.25, 0.3) is 0 Å². The van der Waals surface area contributed by atoms with Gasteiger partial charge in [0, 0.05) is 59.1 Å². The maximum atomic E-state index is 12.4. The molecule has 3 rings (SSSR count). The van der Waals surface area contributed by atoms with Crippen LogP contribution in [0.15, 0.2) is 29.4 Å². The lowest BCUT2D eigenvalue weighted by Gasteiger charge is -2.37. The Hall–Kier alpha value is -1.62. The summed E-state index contributed by atoms with van der Waals surface area (Å²) in [7, 11) is 1.79. The summed E-state index contributed by atoms with van der Waals surface area (Å²) in [5.74, 6) is 1.88. The summed E-state index contributed by atoms with van der Waals surface area (Å²) >= 11 is 0. The van der Waals surface area contributed by atoms with E-state index in [0.717, 1.165) is 50.8 Å². The van der Waals surface area contributed by atoms with E-state index in [0.29, 0.717) is 19.7 Å². The first kappa shape index (κ1) is 21.7. The average molecular weight is 488 g/mol. The zero-order chi connectivity index (χ0) is 18.2. The van der Waals surface area contributed by atoms with E-state index in [4.69, 9.17) is 4.74 Å². The molecule has 1 aromatic rings. The summed E-state index contributed by atoms with van der Waals surface area (Å²) in [5.41, 5.74) is 0. The van der Waals surface area contributed by atoms with Crippen LogP contribution in [0.3, 0.4) is 0 Å². The fraction of sp³-hybridized carbons (Fsp3) is 0.611. The predicted octanol–water partition coefficient (Wildman–Crippen LogP) is 1.01. The van der Waals surface area contributed by atoms with Gasteiger partial charge in [0.2, 0.25) is 0 Å². The summed E-state index contributed by atoms with van der Waals surface area (Å²) in [4.78, 5) is 25.1. The van der Waals surface area contributed by atoms with E-state index in [1.165, 1.54) is 0 Å². The molecule has 1 unspecified atom stereocenters. The van der Waals surface area contributed by atoms with Gasteiger partial charge in [-0.3, -0.25) is 9.79 Å². The first-order chi connectivity index (χ1) is 12.8. The van der Waals surface area contributed by atoms with Crippen LogP contribution in [-0.2, 0) is 9.53 Å². The summed E-state index contributed by atoms with van der Waals surface area (Å²) in [6.07, 6.45) is 3.38. The van der Waals surface area contributed by atoms with Crippen LogP contribution in [0.1, 0.15) is 12.8 Å². The van der Waals surface area contributed by atoms with Crippen molar-refractivity contribution in [1.29, 1.82) is 0 Å². The molecule has 1 amide bonds. The maximum absolute atomic E-state index is 12.4. The van der Waals surface area contributed by atoms with Crippen LogP contribution in [-0.4, -0.2) is 85.7 Å². The molecule has 0 bridgehead atoms. The number of nitrogens with zero attached hydrogens (tertiary/aromatic N) is 4. The van der Waals surface area contributed by atoms with Crippen molar-refractivity contribution >= 4 is 41.7 Å². The molecule has 3 heterocycles. The number of aliphatic imine (C=N–C) groups is 1. The van der Waals surface area contributed by atoms with Crippen molar-refractivity contribution in [2.75, 3.05) is 58.2 Å². The van der Waals surface area contributed by atoms with E-state index < -0.39 is 0 Å². The lowest BCUT2D eigenvalue weighted by Crippen LogP contribution is -2.55. The molecule has 2 saturated heterocycles. The Morgan fingerprint density at radius 1 is 1.26 bits per heavy atom. The average Bonchev–Trinajstić information content (AvgIpc) is 3.23. The molecule has 0 spiro atoms. The molecule has 2 fully saturated rings. The molecule has 9 heteroatoms. The number of hydrogen-bond donors (Lipinski definition) is 2. The van der Waals surface area contributed by atoms with Crippen molar-refractivity contribution in [3.05, 3.63) is 24.4 Å². The number of carbonyl (C=O) groups excluding carboxylic acids is 1. The Morgan fingerprint density at radius 2 is 2.04 bits per heavy atom.